The summed E-state index contributed by atoms with van der Waals surface area (Å²) in [4.78, 5) is 20.8. The maximum absolute atomic E-state index is 13.9. The number of hydrogen-bond donors (Lipinski definition) is 0. The Balaban J connectivity index is 1.65. The number of benzene rings is 1. The zero-order valence-corrected chi connectivity index (χ0v) is 14.2. The lowest BCUT2D eigenvalue weighted by Crippen LogP contribution is -2.35. The van der Waals surface area contributed by atoms with Crippen LogP contribution in [-0.4, -0.2) is 46.9 Å². The first-order chi connectivity index (χ1) is 12.0. The highest BCUT2D eigenvalue weighted by atomic mass is 19.1. The van der Waals surface area contributed by atoms with Gasteiger partial charge in [-0.15, -0.1) is 0 Å². The van der Waals surface area contributed by atoms with Crippen molar-refractivity contribution in [1.29, 1.82) is 0 Å². The second-order valence-corrected chi connectivity index (χ2v) is 6.29. The van der Waals surface area contributed by atoms with E-state index in [1.165, 1.54) is 11.6 Å². The quantitative estimate of drug-likeness (QED) is 0.858. The first kappa shape index (κ1) is 17.5. The van der Waals surface area contributed by atoms with Gasteiger partial charge in [-0.3, -0.25) is 14.7 Å². The molecule has 1 amide bonds. The minimum Gasteiger partial charge on any atom is -0.337 e. The summed E-state index contributed by atoms with van der Waals surface area (Å²) < 4.78 is 26.9. The molecule has 3 rings (SSSR count). The fourth-order valence-electron chi connectivity index (χ4n) is 3.09. The molecule has 1 aromatic carbocycles. The van der Waals surface area contributed by atoms with Crippen LogP contribution in [0.15, 0.2) is 36.5 Å². The average molecular weight is 345 g/mol. The largest absolute Gasteiger partial charge is 0.337 e. The zero-order chi connectivity index (χ0) is 17.8. The minimum atomic E-state index is -0.808. The maximum atomic E-state index is 13.9. The van der Waals surface area contributed by atoms with Gasteiger partial charge in [-0.05, 0) is 37.1 Å². The standard InChI is InChI=1S/C19H21F2N3O/c1-14-15(4-2-7-22-14)13-23-8-3-9-24(11-10-23)19(25)17-6-5-16(20)12-18(17)21/h2,4-7,12H,3,8-11,13H2,1H3. The van der Waals surface area contributed by atoms with Crippen LogP contribution in [-0.2, 0) is 6.54 Å². The highest BCUT2D eigenvalue weighted by Crippen LogP contribution is 2.16. The molecule has 6 heteroatoms. The third kappa shape index (κ3) is 4.20. The molecule has 1 aliphatic heterocycles. The van der Waals surface area contributed by atoms with E-state index in [0.29, 0.717) is 19.6 Å². The molecule has 25 heavy (non-hydrogen) atoms. The number of aryl methyl sites for hydroxylation is 1. The zero-order valence-electron chi connectivity index (χ0n) is 14.2. The number of rotatable bonds is 3. The molecular formula is C19H21F2N3O. The van der Waals surface area contributed by atoms with Gasteiger partial charge in [0.05, 0.1) is 5.56 Å². The van der Waals surface area contributed by atoms with Gasteiger partial charge in [0.15, 0.2) is 0 Å². The molecule has 4 nitrogen and oxygen atoms in total. The van der Waals surface area contributed by atoms with E-state index >= 15 is 0 Å². The molecule has 1 saturated heterocycles. The molecule has 0 spiro atoms. The van der Waals surface area contributed by atoms with Gasteiger partial charge < -0.3 is 4.90 Å². The fraction of sp³-hybridized carbons (Fsp3) is 0.368. The molecule has 1 aliphatic rings. The molecule has 1 fully saturated rings. The van der Waals surface area contributed by atoms with Crippen molar-refractivity contribution < 1.29 is 13.6 Å². The van der Waals surface area contributed by atoms with E-state index in [0.717, 1.165) is 37.3 Å². The highest BCUT2D eigenvalue weighted by molar-refractivity contribution is 5.94. The summed E-state index contributed by atoms with van der Waals surface area (Å²) in [6, 6.07) is 7.07. The summed E-state index contributed by atoms with van der Waals surface area (Å²) in [7, 11) is 0. The summed E-state index contributed by atoms with van der Waals surface area (Å²) in [5.74, 6) is -1.86. The Labute approximate surface area is 146 Å². The molecule has 0 N–H and O–H groups in total. The number of halogens is 2. The number of carbonyl (C=O) groups is 1. The van der Waals surface area contributed by atoms with Crippen LogP contribution in [0.4, 0.5) is 8.78 Å². The van der Waals surface area contributed by atoms with Crippen LogP contribution in [0.2, 0.25) is 0 Å². The van der Waals surface area contributed by atoms with Crippen molar-refractivity contribution >= 4 is 5.91 Å². The summed E-state index contributed by atoms with van der Waals surface area (Å²) in [5.41, 5.74) is 2.11. The normalized spacial score (nSPS) is 15.9. The van der Waals surface area contributed by atoms with Gasteiger partial charge in [0.1, 0.15) is 11.6 Å². The second kappa shape index (κ2) is 7.70. The summed E-state index contributed by atoms with van der Waals surface area (Å²) >= 11 is 0. The van der Waals surface area contributed by atoms with Gasteiger partial charge in [0, 0.05) is 50.7 Å². The fourth-order valence-corrected chi connectivity index (χ4v) is 3.09. The molecule has 0 bridgehead atoms. The Bertz CT molecular complexity index is 766. The Morgan fingerprint density at radius 3 is 2.76 bits per heavy atom. The molecule has 0 atom stereocenters. The maximum Gasteiger partial charge on any atom is 0.256 e. The van der Waals surface area contributed by atoms with E-state index in [9.17, 15) is 13.6 Å². The SMILES string of the molecule is Cc1ncccc1CN1CCCN(C(=O)c2ccc(F)cc2F)CC1. The van der Waals surface area contributed by atoms with Gasteiger partial charge in [-0.1, -0.05) is 6.07 Å². The van der Waals surface area contributed by atoms with Crippen molar-refractivity contribution in [3.8, 4) is 0 Å². The second-order valence-electron chi connectivity index (χ2n) is 6.29. The van der Waals surface area contributed by atoms with Crippen LogP contribution in [0.1, 0.15) is 28.0 Å². The highest BCUT2D eigenvalue weighted by Gasteiger charge is 2.23. The lowest BCUT2D eigenvalue weighted by atomic mass is 10.1. The lowest BCUT2D eigenvalue weighted by Gasteiger charge is -2.22. The summed E-state index contributed by atoms with van der Waals surface area (Å²) in [6.07, 6.45) is 2.59. The topological polar surface area (TPSA) is 36.4 Å². The Morgan fingerprint density at radius 1 is 1.16 bits per heavy atom. The average Bonchev–Trinajstić information content (AvgIpc) is 2.82. The third-order valence-electron chi connectivity index (χ3n) is 4.55. The van der Waals surface area contributed by atoms with Crippen LogP contribution >= 0.6 is 0 Å². The van der Waals surface area contributed by atoms with Crippen molar-refractivity contribution in [1.82, 2.24) is 14.8 Å². The number of carbonyl (C=O) groups excluding carboxylic acids is 1. The smallest absolute Gasteiger partial charge is 0.256 e. The molecule has 0 aliphatic carbocycles. The molecule has 0 saturated carbocycles. The van der Waals surface area contributed by atoms with E-state index < -0.39 is 11.6 Å². The lowest BCUT2D eigenvalue weighted by molar-refractivity contribution is 0.0756. The molecule has 2 aromatic rings. The monoisotopic (exact) mass is 345 g/mol. The minimum absolute atomic E-state index is 0.0713. The van der Waals surface area contributed by atoms with E-state index in [1.807, 2.05) is 13.0 Å². The number of amides is 1. The van der Waals surface area contributed by atoms with Crippen molar-refractivity contribution in [2.75, 3.05) is 26.2 Å². The Morgan fingerprint density at radius 2 is 2.00 bits per heavy atom. The van der Waals surface area contributed by atoms with Crippen molar-refractivity contribution in [2.24, 2.45) is 0 Å². The Kier molecular flexibility index (Phi) is 5.38. The van der Waals surface area contributed by atoms with E-state index in [1.54, 1.807) is 11.1 Å². The van der Waals surface area contributed by atoms with Gasteiger partial charge in [-0.2, -0.15) is 0 Å². The molecule has 0 unspecified atom stereocenters. The van der Waals surface area contributed by atoms with Gasteiger partial charge in [0.2, 0.25) is 0 Å². The molecular weight excluding hydrogens is 324 g/mol. The molecule has 2 heterocycles. The van der Waals surface area contributed by atoms with Crippen LogP contribution in [0.25, 0.3) is 0 Å². The van der Waals surface area contributed by atoms with Gasteiger partial charge in [0.25, 0.3) is 5.91 Å². The van der Waals surface area contributed by atoms with Crippen LogP contribution < -0.4 is 0 Å². The van der Waals surface area contributed by atoms with Crippen LogP contribution in [0, 0.1) is 18.6 Å². The van der Waals surface area contributed by atoms with Crippen molar-refractivity contribution in [3.63, 3.8) is 0 Å². The van der Waals surface area contributed by atoms with E-state index in [2.05, 4.69) is 16.0 Å². The van der Waals surface area contributed by atoms with Gasteiger partial charge >= 0.3 is 0 Å². The summed E-state index contributed by atoms with van der Waals surface area (Å²) in [5, 5.41) is 0. The third-order valence-corrected chi connectivity index (χ3v) is 4.55. The van der Waals surface area contributed by atoms with Crippen LogP contribution in [0.5, 0.6) is 0 Å². The van der Waals surface area contributed by atoms with Crippen LogP contribution in [0.3, 0.4) is 0 Å². The number of aromatic nitrogens is 1. The van der Waals surface area contributed by atoms with Crippen molar-refractivity contribution in [2.45, 2.75) is 19.9 Å². The first-order valence-corrected chi connectivity index (χ1v) is 8.42. The first-order valence-electron chi connectivity index (χ1n) is 8.42. The van der Waals surface area contributed by atoms with Crippen molar-refractivity contribution in [3.05, 3.63) is 65.0 Å². The summed E-state index contributed by atoms with van der Waals surface area (Å²) in [6.45, 7) is 5.44. The number of pyridine rings is 1. The number of hydrogen-bond acceptors (Lipinski definition) is 3. The predicted octanol–water partition coefficient (Wildman–Crippen LogP) is 3.02. The predicted molar refractivity (Wildman–Crippen MR) is 91.1 cm³/mol. The van der Waals surface area contributed by atoms with E-state index in [4.69, 9.17) is 0 Å². The Hall–Kier alpha value is -2.34. The van der Waals surface area contributed by atoms with Gasteiger partial charge in [-0.25, -0.2) is 8.78 Å². The van der Waals surface area contributed by atoms with E-state index in [-0.39, 0.29) is 11.5 Å². The molecule has 0 radical (unpaired) electrons. The number of nitrogens with zero attached hydrogens (tertiary/aromatic N) is 3. The molecule has 132 valence electrons. The molecule has 1 aromatic heterocycles.